The minimum Gasteiger partial charge on any atom is -0.294 e. The van der Waals surface area contributed by atoms with E-state index < -0.39 is 5.82 Å². The molecule has 0 radical (unpaired) electrons. The van der Waals surface area contributed by atoms with Crippen molar-refractivity contribution in [2.75, 3.05) is 0 Å². The van der Waals surface area contributed by atoms with Gasteiger partial charge in [-0.3, -0.25) is 4.79 Å². The molecule has 1 aromatic heterocycles. The van der Waals surface area contributed by atoms with Gasteiger partial charge < -0.3 is 0 Å². The summed E-state index contributed by atoms with van der Waals surface area (Å²) in [5, 5.41) is 2.61. The fourth-order valence-corrected chi connectivity index (χ4v) is 2.34. The molecule has 0 atom stereocenters. The van der Waals surface area contributed by atoms with E-state index in [9.17, 15) is 9.18 Å². The van der Waals surface area contributed by atoms with Crippen LogP contribution in [0.4, 0.5) is 4.39 Å². The Morgan fingerprint density at radius 3 is 2.82 bits per heavy atom. The standard InChI is InChI=1S/C13H12FNOS/c1-8-3-4-11(14)10(5-8)12(16)6-13-15-9(2)7-17-13/h3-5,7H,6H2,1-2H3. The third-order valence-electron chi connectivity index (χ3n) is 2.40. The minimum absolute atomic E-state index is 0.151. The first-order valence-electron chi connectivity index (χ1n) is 5.26. The SMILES string of the molecule is Cc1ccc(F)c(C(=O)Cc2nc(C)cs2)c1. The molecular formula is C13H12FNOS. The molecule has 0 saturated carbocycles. The molecule has 0 aliphatic carbocycles. The van der Waals surface area contributed by atoms with Gasteiger partial charge >= 0.3 is 0 Å². The number of carbonyl (C=O) groups excluding carboxylic acids is 1. The molecule has 2 nitrogen and oxygen atoms in total. The van der Waals surface area contributed by atoms with Crippen LogP contribution in [0.1, 0.15) is 26.6 Å². The maximum absolute atomic E-state index is 13.5. The summed E-state index contributed by atoms with van der Waals surface area (Å²) in [6.07, 6.45) is 0.166. The van der Waals surface area contributed by atoms with Crippen molar-refractivity contribution in [2.24, 2.45) is 0 Å². The van der Waals surface area contributed by atoms with Gasteiger partial charge in [0.2, 0.25) is 0 Å². The first-order chi connectivity index (χ1) is 8.06. The predicted octanol–water partition coefficient (Wildman–Crippen LogP) is 3.32. The van der Waals surface area contributed by atoms with Crippen LogP contribution in [0.5, 0.6) is 0 Å². The van der Waals surface area contributed by atoms with Gasteiger partial charge in [-0.05, 0) is 26.0 Å². The minimum atomic E-state index is -0.464. The van der Waals surface area contributed by atoms with Crippen LogP contribution in [-0.4, -0.2) is 10.8 Å². The molecule has 4 heteroatoms. The largest absolute Gasteiger partial charge is 0.294 e. The Bertz CT molecular complexity index is 562. The van der Waals surface area contributed by atoms with E-state index in [0.717, 1.165) is 16.3 Å². The fraction of sp³-hybridized carbons (Fsp3) is 0.231. The van der Waals surface area contributed by atoms with Gasteiger partial charge in [0.05, 0.1) is 12.0 Å². The van der Waals surface area contributed by atoms with Gasteiger partial charge in [-0.25, -0.2) is 9.37 Å². The van der Waals surface area contributed by atoms with Crippen LogP contribution < -0.4 is 0 Å². The second-order valence-corrected chi connectivity index (χ2v) is 4.91. The van der Waals surface area contributed by atoms with Crippen molar-refractivity contribution in [2.45, 2.75) is 20.3 Å². The van der Waals surface area contributed by atoms with E-state index in [0.29, 0.717) is 0 Å². The molecule has 1 aromatic carbocycles. The Hall–Kier alpha value is -1.55. The fourth-order valence-electron chi connectivity index (χ4n) is 1.57. The molecule has 0 aliphatic heterocycles. The second-order valence-electron chi connectivity index (χ2n) is 3.97. The number of aromatic nitrogens is 1. The van der Waals surface area contributed by atoms with Gasteiger partial charge in [0.1, 0.15) is 10.8 Å². The number of Topliss-reactive ketones (excluding diaryl/α,β-unsaturated/α-hetero) is 1. The number of hydrogen-bond donors (Lipinski definition) is 0. The number of aryl methyl sites for hydroxylation is 2. The van der Waals surface area contributed by atoms with E-state index in [1.165, 1.54) is 17.4 Å². The molecule has 0 saturated heterocycles. The molecule has 0 N–H and O–H groups in total. The van der Waals surface area contributed by atoms with Gasteiger partial charge in [0.25, 0.3) is 0 Å². The van der Waals surface area contributed by atoms with Gasteiger partial charge in [-0.2, -0.15) is 0 Å². The number of halogens is 1. The molecule has 88 valence electrons. The quantitative estimate of drug-likeness (QED) is 0.781. The first-order valence-corrected chi connectivity index (χ1v) is 6.14. The highest BCUT2D eigenvalue weighted by atomic mass is 32.1. The zero-order chi connectivity index (χ0) is 12.4. The van der Waals surface area contributed by atoms with Crippen molar-refractivity contribution in [1.82, 2.24) is 4.98 Å². The van der Waals surface area contributed by atoms with E-state index >= 15 is 0 Å². The van der Waals surface area contributed by atoms with Crippen molar-refractivity contribution >= 4 is 17.1 Å². The third kappa shape index (κ3) is 2.77. The number of nitrogens with zero attached hydrogens (tertiary/aromatic N) is 1. The highest BCUT2D eigenvalue weighted by Gasteiger charge is 2.14. The Morgan fingerprint density at radius 1 is 1.41 bits per heavy atom. The van der Waals surface area contributed by atoms with Crippen molar-refractivity contribution < 1.29 is 9.18 Å². The average Bonchev–Trinajstić information content (AvgIpc) is 2.67. The van der Waals surface area contributed by atoms with Crippen LogP contribution in [0.3, 0.4) is 0 Å². The Kier molecular flexibility index (Phi) is 3.33. The Morgan fingerprint density at radius 2 is 2.18 bits per heavy atom. The summed E-state index contributed by atoms with van der Waals surface area (Å²) in [6.45, 7) is 3.71. The first kappa shape index (κ1) is 11.9. The summed E-state index contributed by atoms with van der Waals surface area (Å²) in [5.41, 5.74) is 1.92. The molecule has 2 rings (SSSR count). The van der Waals surface area contributed by atoms with Crippen LogP contribution in [0.15, 0.2) is 23.6 Å². The van der Waals surface area contributed by atoms with E-state index in [1.807, 2.05) is 19.2 Å². The maximum Gasteiger partial charge on any atom is 0.172 e. The highest BCUT2D eigenvalue weighted by molar-refractivity contribution is 7.09. The smallest absolute Gasteiger partial charge is 0.172 e. The molecule has 0 fully saturated rings. The molecular weight excluding hydrogens is 237 g/mol. The topological polar surface area (TPSA) is 30.0 Å². The second kappa shape index (κ2) is 4.75. The van der Waals surface area contributed by atoms with Crippen LogP contribution >= 0.6 is 11.3 Å². The van der Waals surface area contributed by atoms with Crippen LogP contribution in [-0.2, 0) is 6.42 Å². The number of carbonyl (C=O) groups is 1. The van der Waals surface area contributed by atoms with E-state index in [1.54, 1.807) is 12.1 Å². The maximum atomic E-state index is 13.5. The lowest BCUT2D eigenvalue weighted by molar-refractivity contribution is 0.0989. The third-order valence-corrected chi connectivity index (χ3v) is 3.37. The number of benzene rings is 1. The molecule has 0 amide bonds. The van der Waals surface area contributed by atoms with Crippen molar-refractivity contribution in [1.29, 1.82) is 0 Å². The van der Waals surface area contributed by atoms with Gasteiger partial charge in [0.15, 0.2) is 5.78 Å². The molecule has 0 aliphatic rings. The van der Waals surface area contributed by atoms with E-state index in [4.69, 9.17) is 0 Å². The van der Waals surface area contributed by atoms with Crippen molar-refractivity contribution in [3.8, 4) is 0 Å². The van der Waals surface area contributed by atoms with Crippen LogP contribution in [0.2, 0.25) is 0 Å². The van der Waals surface area contributed by atoms with Gasteiger partial charge in [-0.1, -0.05) is 11.6 Å². The zero-order valence-corrected chi connectivity index (χ0v) is 10.5. The highest BCUT2D eigenvalue weighted by Crippen LogP contribution is 2.15. The van der Waals surface area contributed by atoms with Crippen molar-refractivity contribution in [3.05, 3.63) is 51.2 Å². The lowest BCUT2D eigenvalue weighted by atomic mass is 10.1. The summed E-state index contributed by atoms with van der Waals surface area (Å²) in [7, 11) is 0. The van der Waals surface area contributed by atoms with Gasteiger partial charge in [0, 0.05) is 11.1 Å². The number of ketones is 1. The van der Waals surface area contributed by atoms with Crippen LogP contribution in [0, 0.1) is 19.7 Å². The number of thiazole rings is 1. The zero-order valence-electron chi connectivity index (χ0n) is 9.66. The lowest BCUT2D eigenvalue weighted by Crippen LogP contribution is -2.06. The molecule has 2 aromatic rings. The predicted molar refractivity (Wildman–Crippen MR) is 66.0 cm³/mol. The van der Waals surface area contributed by atoms with E-state index in [2.05, 4.69) is 4.98 Å². The van der Waals surface area contributed by atoms with Crippen LogP contribution in [0.25, 0.3) is 0 Å². The van der Waals surface area contributed by atoms with Gasteiger partial charge in [-0.15, -0.1) is 11.3 Å². The normalized spacial score (nSPS) is 10.5. The molecule has 0 spiro atoms. The molecule has 0 bridgehead atoms. The van der Waals surface area contributed by atoms with E-state index in [-0.39, 0.29) is 17.8 Å². The lowest BCUT2D eigenvalue weighted by Gasteiger charge is -2.02. The number of rotatable bonds is 3. The Balaban J connectivity index is 2.22. The molecule has 0 unspecified atom stereocenters. The summed E-state index contributed by atoms with van der Waals surface area (Å²) >= 11 is 1.43. The Labute approximate surface area is 103 Å². The monoisotopic (exact) mass is 249 g/mol. The summed E-state index contributed by atoms with van der Waals surface area (Å²) in [6, 6.07) is 4.56. The number of hydrogen-bond acceptors (Lipinski definition) is 3. The average molecular weight is 249 g/mol. The molecule has 1 heterocycles. The summed E-state index contributed by atoms with van der Waals surface area (Å²) < 4.78 is 13.5. The molecule has 17 heavy (non-hydrogen) atoms. The van der Waals surface area contributed by atoms with Crippen molar-refractivity contribution in [3.63, 3.8) is 0 Å². The summed E-state index contributed by atoms with van der Waals surface area (Å²) in [5.74, 6) is -0.686. The summed E-state index contributed by atoms with van der Waals surface area (Å²) in [4.78, 5) is 16.1.